The lowest BCUT2D eigenvalue weighted by Gasteiger charge is -2.10. The van der Waals surface area contributed by atoms with Crippen LogP contribution < -0.4 is 5.43 Å². The third-order valence-corrected chi connectivity index (χ3v) is 4.25. The number of fused-ring (bicyclic) bond motifs is 1. The summed E-state index contributed by atoms with van der Waals surface area (Å²) < 4.78 is 0. The van der Waals surface area contributed by atoms with Crippen molar-refractivity contribution < 1.29 is 0 Å². The quantitative estimate of drug-likeness (QED) is 0.867. The van der Waals surface area contributed by atoms with Crippen LogP contribution in [0.1, 0.15) is 45.4 Å². The number of rotatable bonds is 4. The van der Waals surface area contributed by atoms with E-state index in [9.17, 15) is 0 Å². The summed E-state index contributed by atoms with van der Waals surface area (Å²) >= 11 is 0. The predicted molar refractivity (Wildman–Crippen MR) is 73.0 cm³/mol. The van der Waals surface area contributed by atoms with Crippen molar-refractivity contribution in [1.29, 1.82) is 0 Å². The summed E-state index contributed by atoms with van der Waals surface area (Å²) in [5.41, 5.74) is 5.24. The Morgan fingerprint density at radius 2 is 2.32 bits per heavy atom. The van der Waals surface area contributed by atoms with Gasteiger partial charge < -0.3 is 0 Å². The molecule has 1 aromatic rings. The Morgan fingerprint density at radius 3 is 3.05 bits per heavy atom. The Bertz CT molecular complexity index is 489. The van der Waals surface area contributed by atoms with Crippen molar-refractivity contribution in [2.45, 2.75) is 39.5 Å². The van der Waals surface area contributed by atoms with Crippen molar-refractivity contribution in [2.75, 3.05) is 0 Å². The van der Waals surface area contributed by atoms with E-state index in [0.717, 1.165) is 24.0 Å². The van der Waals surface area contributed by atoms with Crippen LogP contribution in [0, 0.1) is 17.8 Å². The van der Waals surface area contributed by atoms with Gasteiger partial charge in [0.15, 0.2) is 0 Å². The number of H-pyrrole nitrogens is 1. The van der Waals surface area contributed by atoms with E-state index >= 15 is 0 Å². The minimum absolute atomic E-state index is 0.596. The van der Waals surface area contributed by atoms with E-state index in [-0.39, 0.29) is 0 Å². The van der Waals surface area contributed by atoms with Gasteiger partial charge in [-0.15, -0.1) is 10.2 Å². The fraction of sp³-hybridized carbons (Fsp3) is 0.692. The number of tetrazole rings is 1. The number of nitrogens with zero attached hydrogens (tertiary/aromatic N) is 4. The Kier molecular flexibility index (Phi) is 3.31. The molecular formula is C13H20N6. The first-order chi connectivity index (χ1) is 9.31. The van der Waals surface area contributed by atoms with Crippen molar-refractivity contribution in [3.63, 3.8) is 0 Å². The zero-order valence-electron chi connectivity index (χ0n) is 11.4. The van der Waals surface area contributed by atoms with E-state index in [4.69, 9.17) is 0 Å². The molecule has 3 rings (SSSR count). The number of hydrogen-bond acceptors (Lipinski definition) is 5. The molecule has 0 radical (unpaired) electrons. The van der Waals surface area contributed by atoms with Crippen molar-refractivity contribution in [1.82, 2.24) is 26.0 Å². The maximum atomic E-state index is 4.35. The fourth-order valence-electron chi connectivity index (χ4n) is 3.08. The SMILES string of the molecule is CCCCC1C2/C=N/N/C(c3nn[nH]n3)=C(\C)CC21. The number of hydrazone groups is 1. The largest absolute Gasteiger partial charge is 0.275 e. The van der Waals surface area contributed by atoms with E-state index < -0.39 is 0 Å². The van der Waals surface area contributed by atoms with Gasteiger partial charge in [-0.1, -0.05) is 19.8 Å². The second kappa shape index (κ2) is 5.11. The number of aromatic nitrogens is 4. The van der Waals surface area contributed by atoms with E-state index in [1.807, 2.05) is 0 Å². The minimum Gasteiger partial charge on any atom is -0.275 e. The molecule has 3 atom stereocenters. The number of hydrogen-bond donors (Lipinski definition) is 2. The number of nitrogens with one attached hydrogen (secondary N) is 2. The number of unbranched alkanes of at least 4 members (excludes halogenated alkanes) is 1. The van der Waals surface area contributed by atoms with Gasteiger partial charge in [0, 0.05) is 12.1 Å². The molecule has 2 heterocycles. The zero-order valence-corrected chi connectivity index (χ0v) is 11.4. The van der Waals surface area contributed by atoms with Gasteiger partial charge in [-0.3, -0.25) is 5.43 Å². The monoisotopic (exact) mass is 260 g/mol. The Balaban J connectivity index is 1.75. The third kappa shape index (κ3) is 2.39. The molecule has 0 amide bonds. The Hall–Kier alpha value is -1.72. The van der Waals surface area contributed by atoms with Crippen molar-refractivity contribution in [3.05, 3.63) is 11.4 Å². The molecule has 6 nitrogen and oxygen atoms in total. The minimum atomic E-state index is 0.596. The summed E-state index contributed by atoms with van der Waals surface area (Å²) in [6, 6.07) is 0. The molecule has 102 valence electrons. The Morgan fingerprint density at radius 1 is 1.42 bits per heavy atom. The standard InChI is InChI=1S/C13H20N6/c1-3-4-5-9-10-6-8(2)12(13-16-18-19-17-13)15-14-7-11(9)10/h7,9-11,15H,3-6H2,1-2H3,(H,16,17,18,19)/b12-8+,14-7+. The third-order valence-electron chi connectivity index (χ3n) is 4.25. The van der Waals surface area contributed by atoms with E-state index in [1.54, 1.807) is 0 Å². The van der Waals surface area contributed by atoms with Crippen LogP contribution in [-0.2, 0) is 0 Å². The molecule has 0 aromatic carbocycles. The van der Waals surface area contributed by atoms with Gasteiger partial charge in [-0.25, -0.2) is 0 Å². The molecular weight excluding hydrogens is 240 g/mol. The van der Waals surface area contributed by atoms with Gasteiger partial charge >= 0.3 is 0 Å². The van der Waals surface area contributed by atoms with E-state index in [0.29, 0.717) is 11.7 Å². The van der Waals surface area contributed by atoms with Crippen molar-refractivity contribution in [3.8, 4) is 0 Å². The molecule has 3 unspecified atom stereocenters. The first kappa shape index (κ1) is 12.3. The average molecular weight is 260 g/mol. The lowest BCUT2D eigenvalue weighted by molar-refractivity contribution is 0.597. The molecule has 1 aliphatic carbocycles. The van der Waals surface area contributed by atoms with Crippen LogP contribution in [0.5, 0.6) is 0 Å². The second-order valence-electron chi connectivity index (χ2n) is 5.53. The molecule has 1 saturated carbocycles. The first-order valence-electron chi connectivity index (χ1n) is 7.04. The van der Waals surface area contributed by atoms with Crippen LogP contribution in [-0.4, -0.2) is 26.8 Å². The summed E-state index contributed by atoms with van der Waals surface area (Å²) in [6.07, 6.45) is 7.08. The van der Waals surface area contributed by atoms with E-state index in [1.165, 1.54) is 24.8 Å². The van der Waals surface area contributed by atoms with Gasteiger partial charge in [0.05, 0.1) is 0 Å². The van der Waals surface area contributed by atoms with Gasteiger partial charge in [0.2, 0.25) is 5.82 Å². The number of allylic oxidation sites excluding steroid dienone is 1. The zero-order chi connectivity index (χ0) is 13.2. The second-order valence-corrected chi connectivity index (χ2v) is 5.53. The normalized spacial score (nSPS) is 34.9. The smallest absolute Gasteiger partial charge is 0.222 e. The van der Waals surface area contributed by atoms with Gasteiger partial charge in [-0.2, -0.15) is 10.3 Å². The predicted octanol–water partition coefficient (Wildman–Crippen LogP) is 1.96. The summed E-state index contributed by atoms with van der Waals surface area (Å²) in [6.45, 7) is 4.38. The lowest BCUT2D eigenvalue weighted by atomic mass is 10.0. The molecule has 1 aliphatic heterocycles. The van der Waals surface area contributed by atoms with Gasteiger partial charge in [-0.05, 0) is 42.4 Å². The van der Waals surface area contributed by atoms with Crippen LogP contribution in [0.3, 0.4) is 0 Å². The van der Waals surface area contributed by atoms with Gasteiger partial charge in [0.25, 0.3) is 0 Å². The lowest BCUT2D eigenvalue weighted by Crippen LogP contribution is -2.11. The van der Waals surface area contributed by atoms with E-state index in [2.05, 4.69) is 51.2 Å². The highest BCUT2D eigenvalue weighted by Gasteiger charge is 2.48. The molecule has 2 aliphatic rings. The molecule has 19 heavy (non-hydrogen) atoms. The molecule has 1 fully saturated rings. The van der Waals surface area contributed by atoms with Crippen molar-refractivity contribution in [2.24, 2.45) is 22.9 Å². The highest BCUT2D eigenvalue weighted by molar-refractivity contribution is 5.70. The highest BCUT2D eigenvalue weighted by atomic mass is 15.5. The average Bonchev–Trinajstić information content (AvgIpc) is 2.79. The van der Waals surface area contributed by atoms with Crippen LogP contribution in [0.25, 0.3) is 5.70 Å². The molecule has 2 N–H and O–H groups in total. The maximum Gasteiger partial charge on any atom is 0.222 e. The molecule has 0 saturated heterocycles. The highest BCUT2D eigenvalue weighted by Crippen LogP contribution is 2.52. The maximum absolute atomic E-state index is 4.35. The Labute approximate surface area is 112 Å². The van der Waals surface area contributed by atoms with Crippen LogP contribution in [0.15, 0.2) is 10.7 Å². The van der Waals surface area contributed by atoms with Crippen LogP contribution in [0.2, 0.25) is 0 Å². The fourth-order valence-corrected chi connectivity index (χ4v) is 3.08. The summed E-state index contributed by atoms with van der Waals surface area (Å²) in [7, 11) is 0. The summed E-state index contributed by atoms with van der Waals surface area (Å²) in [5, 5.41) is 18.5. The molecule has 6 heteroatoms. The van der Waals surface area contributed by atoms with Crippen molar-refractivity contribution >= 4 is 11.9 Å². The number of aromatic amines is 1. The van der Waals surface area contributed by atoms with Crippen LogP contribution in [0.4, 0.5) is 0 Å². The van der Waals surface area contributed by atoms with Gasteiger partial charge in [0.1, 0.15) is 5.70 Å². The summed E-state index contributed by atoms with van der Waals surface area (Å²) in [5.74, 6) is 2.81. The topological polar surface area (TPSA) is 78.9 Å². The molecule has 0 spiro atoms. The van der Waals surface area contributed by atoms with Crippen LogP contribution >= 0.6 is 0 Å². The summed E-state index contributed by atoms with van der Waals surface area (Å²) in [4.78, 5) is 0. The first-order valence-corrected chi connectivity index (χ1v) is 7.04. The molecule has 0 bridgehead atoms. The molecule has 1 aromatic heterocycles.